The molecule has 0 saturated carbocycles. The molecule has 4 rings (SSSR count). The number of ether oxygens (including phenoxy) is 1. The molecule has 150 valence electrons. The van der Waals surface area contributed by atoms with Gasteiger partial charge in [-0.05, 0) is 24.3 Å². The summed E-state index contributed by atoms with van der Waals surface area (Å²) in [5.41, 5.74) is 3.12. The zero-order valence-corrected chi connectivity index (χ0v) is 16.7. The van der Waals surface area contributed by atoms with Crippen LogP contribution >= 0.6 is 0 Å². The van der Waals surface area contributed by atoms with Crippen LogP contribution in [0.2, 0.25) is 0 Å². The third-order valence-electron chi connectivity index (χ3n) is 5.10. The number of anilines is 1. The van der Waals surface area contributed by atoms with E-state index in [1.807, 2.05) is 60.4 Å². The molecule has 0 bridgehead atoms. The van der Waals surface area contributed by atoms with Gasteiger partial charge in [0.25, 0.3) is 0 Å². The molecular formula is C21H24N6O2. The number of hydrogen-bond acceptors (Lipinski definition) is 6. The summed E-state index contributed by atoms with van der Waals surface area (Å²) >= 11 is 0. The van der Waals surface area contributed by atoms with Gasteiger partial charge in [0.1, 0.15) is 12.3 Å². The average molecular weight is 392 g/mol. The minimum atomic E-state index is -0.00228. The number of aromatic nitrogens is 4. The number of hydrogen-bond donors (Lipinski definition) is 0. The van der Waals surface area contributed by atoms with Gasteiger partial charge in [-0.25, -0.2) is 0 Å². The van der Waals surface area contributed by atoms with E-state index in [9.17, 15) is 4.79 Å². The van der Waals surface area contributed by atoms with Crippen LogP contribution in [0.1, 0.15) is 5.56 Å². The second kappa shape index (κ2) is 8.30. The summed E-state index contributed by atoms with van der Waals surface area (Å²) in [7, 11) is 1.68. The average Bonchev–Trinajstić information content (AvgIpc) is 3.22. The molecule has 2 heterocycles. The third-order valence-corrected chi connectivity index (χ3v) is 5.10. The quantitative estimate of drug-likeness (QED) is 0.661. The number of carbonyl (C=O) groups excluding carboxylic acids is 1. The monoisotopic (exact) mass is 392 g/mol. The van der Waals surface area contributed by atoms with Crippen LogP contribution in [0.5, 0.6) is 5.75 Å². The van der Waals surface area contributed by atoms with Crippen molar-refractivity contribution in [3.8, 4) is 17.1 Å². The molecule has 0 radical (unpaired) electrons. The molecule has 0 spiro atoms. The second-order valence-electron chi connectivity index (χ2n) is 7.05. The number of rotatable bonds is 5. The predicted molar refractivity (Wildman–Crippen MR) is 110 cm³/mol. The van der Waals surface area contributed by atoms with Crippen LogP contribution in [0.3, 0.4) is 0 Å². The van der Waals surface area contributed by atoms with Crippen molar-refractivity contribution in [1.82, 2.24) is 25.1 Å². The van der Waals surface area contributed by atoms with Crippen molar-refractivity contribution in [2.45, 2.75) is 13.5 Å². The molecule has 0 aliphatic carbocycles. The van der Waals surface area contributed by atoms with E-state index in [4.69, 9.17) is 4.74 Å². The Morgan fingerprint density at radius 3 is 2.48 bits per heavy atom. The van der Waals surface area contributed by atoms with Gasteiger partial charge in [-0.15, -0.1) is 10.2 Å². The Balaban J connectivity index is 1.35. The Morgan fingerprint density at radius 2 is 1.76 bits per heavy atom. The number of tetrazole rings is 1. The van der Waals surface area contributed by atoms with E-state index in [-0.39, 0.29) is 12.5 Å². The fraction of sp³-hybridized carbons (Fsp3) is 0.333. The van der Waals surface area contributed by atoms with E-state index in [1.165, 1.54) is 10.4 Å². The van der Waals surface area contributed by atoms with Crippen LogP contribution in [0.4, 0.5) is 5.69 Å². The number of nitrogens with zero attached hydrogens (tertiary/aromatic N) is 6. The van der Waals surface area contributed by atoms with E-state index in [0.717, 1.165) is 30.1 Å². The summed E-state index contributed by atoms with van der Waals surface area (Å²) in [6.45, 7) is 4.93. The number of aryl methyl sites for hydroxylation is 1. The summed E-state index contributed by atoms with van der Waals surface area (Å²) in [4.78, 5) is 18.1. The Labute approximate surface area is 169 Å². The van der Waals surface area contributed by atoms with Crippen molar-refractivity contribution in [1.29, 1.82) is 0 Å². The highest BCUT2D eigenvalue weighted by Gasteiger charge is 2.23. The van der Waals surface area contributed by atoms with E-state index in [1.54, 1.807) is 7.11 Å². The molecule has 8 heteroatoms. The molecule has 29 heavy (non-hydrogen) atoms. The first-order chi connectivity index (χ1) is 14.1. The molecule has 1 amide bonds. The van der Waals surface area contributed by atoms with Crippen molar-refractivity contribution in [2.24, 2.45) is 0 Å². The molecule has 1 aliphatic rings. The highest BCUT2D eigenvalue weighted by Crippen LogP contribution is 2.28. The normalized spacial score (nSPS) is 14.1. The Morgan fingerprint density at radius 1 is 1.03 bits per heavy atom. The first-order valence-electron chi connectivity index (χ1n) is 9.64. The Kier molecular flexibility index (Phi) is 5.41. The lowest BCUT2D eigenvalue weighted by atomic mass is 10.1. The van der Waals surface area contributed by atoms with Crippen molar-refractivity contribution in [3.05, 3.63) is 54.1 Å². The molecule has 0 atom stereocenters. The van der Waals surface area contributed by atoms with Crippen LogP contribution < -0.4 is 9.64 Å². The molecule has 2 aromatic carbocycles. The van der Waals surface area contributed by atoms with Crippen LogP contribution in [-0.2, 0) is 11.3 Å². The number of piperazine rings is 1. The van der Waals surface area contributed by atoms with Crippen molar-refractivity contribution < 1.29 is 9.53 Å². The van der Waals surface area contributed by atoms with E-state index >= 15 is 0 Å². The van der Waals surface area contributed by atoms with Gasteiger partial charge in [0.05, 0.1) is 12.8 Å². The minimum Gasteiger partial charge on any atom is -0.495 e. The number of amides is 1. The topological polar surface area (TPSA) is 76.4 Å². The zero-order valence-electron chi connectivity index (χ0n) is 16.7. The maximum atomic E-state index is 12.7. The number of carbonyl (C=O) groups is 1. The lowest BCUT2D eigenvalue weighted by molar-refractivity contribution is -0.132. The van der Waals surface area contributed by atoms with Crippen LogP contribution in [-0.4, -0.2) is 64.3 Å². The molecule has 1 aromatic heterocycles. The van der Waals surface area contributed by atoms with Crippen LogP contribution in [0, 0.1) is 6.92 Å². The maximum absolute atomic E-state index is 12.7. The number of para-hydroxylation sites is 2. The first-order valence-corrected chi connectivity index (χ1v) is 9.64. The summed E-state index contributed by atoms with van der Waals surface area (Å²) in [5.74, 6) is 1.37. The first kappa shape index (κ1) is 18.9. The SMILES string of the molecule is COc1ccccc1N1CCN(C(=O)Cn2nnc(-c3ccc(C)cc3)n2)CC1. The lowest BCUT2D eigenvalue weighted by Crippen LogP contribution is -2.49. The summed E-state index contributed by atoms with van der Waals surface area (Å²) in [6, 6.07) is 15.9. The fourth-order valence-electron chi connectivity index (χ4n) is 3.44. The summed E-state index contributed by atoms with van der Waals surface area (Å²) in [5, 5.41) is 12.5. The molecular weight excluding hydrogens is 368 g/mol. The van der Waals surface area contributed by atoms with Crippen molar-refractivity contribution >= 4 is 11.6 Å². The fourth-order valence-corrected chi connectivity index (χ4v) is 3.44. The molecule has 3 aromatic rings. The van der Waals surface area contributed by atoms with Gasteiger partial charge in [-0.2, -0.15) is 4.80 Å². The highest BCUT2D eigenvalue weighted by molar-refractivity contribution is 5.76. The van der Waals surface area contributed by atoms with Crippen LogP contribution in [0.15, 0.2) is 48.5 Å². The van der Waals surface area contributed by atoms with Crippen molar-refractivity contribution in [3.63, 3.8) is 0 Å². The van der Waals surface area contributed by atoms with Gasteiger partial charge in [-0.3, -0.25) is 4.79 Å². The lowest BCUT2D eigenvalue weighted by Gasteiger charge is -2.36. The Hall–Kier alpha value is -3.42. The predicted octanol–water partition coefficient (Wildman–Crippen LogP) is 2.01. The summed E-state index contributed by atoms with van der Waals surface area (Å²) in [6.07, 6.45) is 0. The Bertz CT molecular complexity index is 977. The van der Waals surface area contributed by atoms with Crippen LogP contribution in [0.25, 0.3) is 11.4 Å². The molecule has 0 unspecified atom stereocenters. The second-order valence-corrected chi connectivity index (χ2v) is 7.05. The van der Waals surface area contributed by atoms with Gasteiger partial charge in [0, 0.05) is 31.7 Å². The third kappa shape index (κ3) is 4.21. The van der Waals surface area contributed by atoms with Gasteiger partial charge in [-0.1, -0.05) is 42.0 Å². The molecule has 8 nitrogen and oxygen atoms in total. The molecule has 0 N–H and O–H groups in total. The molecule has 1 saturated heterocycles. The standard InChI is InChI=1S/C21H24N6O2/c1-16-7-9-17(10-8-16)21-22-24-27(23-21)15-20(28)26-13-11-25(12-14-26)18-5-3-4-6-19(18)29-2/h3-10H,11-15H2,1-2H3. The van der Waals surface area contributed by atoms with Gasteiger partial charge < -0.3 is 14.5 Å². The van der Waals surface area contributed by atoms with E-state index < -0.39 is 0 Å². The van der Waals surface area contributed by atoms with Gasteiger partial charge in [0.2, 0.25) is 11.7 Å². The molecule has 1 aliphatic heterocycles. The van der Waals surface area contributed by atoms with Gasteiger partial charge >= 0.3 is 0 Å². The number of benzene rings is 2. The largest absolute Gasteiger partial charge is 0.495 e. The zero-order chi connectivity index (χ0) is 20.2. The van der Waals surface area contributed by atoms with Gasteiger partial charge in [0.15, 0.2) is 0 Å². The summed E-state index contributed by atoms with van der Waals surface area (Å²) < 4.78 is 5.45. The van der Waals surface area contributed by atoms with E-state index in [2.05, 4.69) is 20.3 Å². The minimum absolute atomic E-state index is 0.00228. The highest BCUT2D eigenvalue weighted by atomic mass is 16.5. The number of methoxy groups -OCH3 is 1. The van der Waals surface area contributed by atoms with Crippen molar-refractivity contribution in [2.75, 3.05) is 38.2 Å². The smallest absolute Gasteiger partial charge is 0.246 e. The maximum Gasteiger partial charge on any atom is 0.246 e. The molecule has 1 fully saturated rings. The van der Waals surface area contributed by atoms with E-state index in [0.29, 0.717) is 18.9 Å².